The lowest BCUT2D eigenvalue weighted by Gasteiger charge is -2.06. The molecule has 0 aromatic heterocycles. The number of allylic oxidation sites excluding steroid dienone is 4. The van der Waals surface area contributed by atoms with Crippen LogP contribution in [0, 0.1) is 0 Å². The summed E-state index contributed by atoms with van der Waals surface area (Å²) < 4.78 is 0. The first-order chi connectivity index (χ1) is 5.93. The molecule has 0 heteroatoms. The van der Waals surface area contributed by atoms with Crippen molar-refractivity contribution >= 4 is 0 Å². The van der Waals surface area contributed by atoms with Crippen LogP contribution in [0.15, 0.2) is 23.8 Å². The van der Waals surface area contributed by atoms with E-state index in [1.165, 1.54) is 32.1 Å². The maximum atomic E-state index is 2.28. The third kappa shape index (κ3) is 5.17. The average Bonchev–Trinajstić information content (AvgIpc) is 2.19. The third-order valence-corrected chi connectivity index (χ3v) is 1.95. The highest BCUT2D eigenvalue weighted by Gasteiger charge is 1.97. The summed E-state index contributed by atoms with van der Waals surface area (Å²) in [5.41, 5.74) is 1.64. The van der Waals surface area contributed by atoms with Crippen LogP contribution in [0.25, 0.3) is 0 Å². The van der Waals surface area contributed by atoms with Gasteiger partial charge in [-0.15, -0.1) is 0 Å². The van der Waals surface area contributed by atoms with Crippen LogP contribution < -0.4 is 0 Å². The highest BCUT2D eigenvalue weighted by molar-refractivity contribution is 5.17. The smallest absolute Gasteiger partial charge is 0.0282 e. The largest absolute Gasteiger partial charge is 0.0842 e. The molecule has 0 saturated heterocycles. The van der Waals surface area contributed by atoms with Gasteiger partial charge in [0.2, 0.25) is 0 Å². The van der Waals surface area contributed by atoms with Crippen LogP contribution in [0.4, 0.5) is 0 Å². The van der Waals surface area contributed by atoms with E-state index in [9.17, 15) is 0 Å². The number of rotatable bonds is 3. The summed E-state index contributed by atoms with van der Waals surface area (Å²) in [6.45, 7) is 6.25. The highest BCUT2D eigenvalue weighted by atomic mass is 14.0. The Labute approximate surface area is 77.4 Å². The molecular formula is C12H22. The van der Waals surface area contributed by atoms with Gasteiger partial charge < -0.3 is 0 Å². The Morgan fingerprint density at radius 1 is 1.33 bits per heavy atom. The number of hydrogen-bond donors (Lipinski definition) is 0. The van der Waals surface area contributed by atoms with Crippen LogP contribution in [-0.4, -0.2) is 0 Å². The average molecular weight is 166 g/mol. The van der Waals surface area contributed by atoms with Crippen LogP contribution in [0.2, 0.25) is 0 Å². The molecule has 1 aliphatic rings. The third-order valence-electron chi connectivity index (χ3n) is 1.95. The van der Waals surface area contributed by atoms with Gasteiger partial charge in [-0.1, -0.05) is 51.0 Å². The monoisotopic (exact) mass is 166 g/mol. The predicted molar refractivity (Wildman–Crippen MR) is 57.3 cm³/mol. The summed E-state index contributed by atoms with van der Waals surface area (Å²) in [5, 5.41) is 0. The van der Waals surface area contributed by atoms with Crippen LogP contribution >= 0.6 is 0 Å². The van der Waals surface area contributed by atoms with Crippen molar-refractivity contribution in [1.82, 2.24) is 0 Å². The standard InChI is InChI=1S/C10H16.C2H6/c1-2-3-7-10-8-5-4-6-9-10;1-2/h4-5,8H,2-3,6-7,9H2,1H3;1-2H3. The maximum Gasteiger partial charge on any atom is -0.0282 e. The Hall–Kier alpha value is -0.520. The summed E-state index contributed by atoms with van der Waals surface area (Å²) in [6, 6.07) is 0. The summed E-state index contributed by atoms with van der Waals surface area (Å²) in [7, 11) is 0. The van der Waals surface area contributed by atoms with Crippen molar-refractivity contribution in [1.29, 1.82) is 0 Å². The van der Waals surface area contributed by atoms with E-state index in [2.05, 4.69) is 25.2 Å². The van der Waals surface area contributed by atoms with E-state index in [4.69, 9.17) is 0 Å². The van der Waals surface area contributed by atoms with Crippen LogP contribution in [0.5, 0.6) is 0 Å². The molecule has 1 rings (SSSR count). The van der Waals surface area contributed by atoms with E-state index in [1.54, 1.807) is 5.57 Å². The molecule has 0 saturated carbocycles. The SMILES string of the molecule is CC.CCCCC1=CC=CCC1. The molecule has 0 heterocycles. The first-order valence-corrected chi connectivity index (χ1v) is 5.28. The van der Waals surface area contributed by atoms with Gasteiger partial charge in [-0.3, -0.25) is 0 Å². The van der Waals surface area contributed by atoms with Gasteiger partial charge in [-0.2, -0.15) is 0 Å². The van der Waals surface area contributed by atoms with Crippen molar-refractivity contribution in [2.75, 3.05) is 0 Å². The van der Waals surface area contributed by atoms with E-state index in [-0.39, 0.29) is 0 Å². The molecule has 1 aliphatic carbocycles. The zero-order valence-corrected chi connectivity index (χ0v) is 8.77. The Morgan fingerprint density at radius 2 is 2.08 bits per heavy atom. The second-order valence-corrected chi connectivity index (χ2v) is 2.90. The Balaban J connectivity index is 0.000000561. The van der Waals surface area contributed by atoms with Crippen molar-refractivity contribution in [3.63, 3.8) is 0 Å². The van der Waals surface area contributed by atoms with Crippen LogP contribution in [-0.2, 0) is 0 Å². The molecule has 0 spiro atoms. The number of hydrogen-bond acceptors (Lipinski definition) is 0. The molecule has 0 atom stereocenters. The van der Waals surface area contributed by atoms with Gasteiger partial charge in [0.05, 0.1) is 0 Å². The fraction of sp³-hybridized carbons (Fsp3) is 0.667. The van der Waals surface area contributed by atoms with Gasteiger partial charge in [0.1, 0.15) is 0 Å². The lowest BCUT2D eigenvalue weighted by molar-refractivity contribution is 0.750. The van der Waals surface area contributed by atoms with Gasteiger partial charge in [0.25, 0.3) is 0 Å². The minimum atomic E-state index is 1.26. The van der Waals surface area contributed by atoms with E-state index >= 15 is 0 Å². The number of unbranched alkanes of at least 4 members (excludes halogenated alkanes) is 1. The first kappa shape index (κ1) is 11.5. The highest BCUT2D eigenvalue weighted by Crippen LogP contribution is 2.17. The summed E-state index contributed by atoms with van der Waals surface area (Å²) >= 11 is 0. The first-order valence-electron chi connectivity index (χ1n) is 5.28. The molecule has 0 nitrogen and oxygen atoms in total. The summed E-state index contributed by atoms with van der Waals surface area (Å²) in [5.74, 6) is 0. The Morgan fingerprint density at radius 3 is 2.58 bits per heavy atom. The lowest BCUT2D eigenvalue weighted by Crippen LogP contribution is -1.86. The van der Waals surface area contributed by atoms with E-state index in [1.807, 2.05) is 13.8 Å². The summed E-state index contributed by atoms with van der Waals surface area (Å²) in [4.78, 5) is 0. The van der Waals surface area contributed by atoms with Crippen molar-refractivity contribution < 1.29 is 0 Å². The minimum Gasteiger partial charge on any atom is -0.0842 e. The second kappa shape index (κ2) is 8.58. The van der Waals surface area contributed by atoms with Crippen LogP contribution in [0.1, 0.15) is 52.9 Å². The molecular weight excluding hydrogens is 144 g/mol. The van der Waals surface area contributed by atoms with Gasteiger partial charge >= 0.3 is 0 Å². The van der Waals surface area contributed by atoms with Gasteiger partial charge in [-0.25, -0.2) is 0 Å². The topological polar surface area (TPSA) is 0 Å². The quantitative estimate of drug-likeness (QED) is 0.580. The lowest BCUT2D eigenvalue weighted by atomic mass is 10.00. The maximum absolute atomic E-state index is 2.28. The van der Waals surface area contributed by atoms with Crippen molar-refractivity contribution in [3.8, 4) is 0 Å². The predicted octanol–water partition coefficient (Wildman–Crippen LogP) is 4.48. The zero-order chi connectivity index (χ0) is 9.23. The van der Waals surface area contributed by atoms with Crippen molar-refractivity contribution in [2.24, 2.45) is 0 Å². The summed E-state index contributed by atoms with van der Waals surface area (Å²) in [6.07, 6.45) is 13.3. The fourth-order valence-electron chi connectivity index (χ4n) is 1.26. The molecule has 0 unspecified atom stereocenters. The molecule has 0 N–H and O–H groups in total. The minimum absolute atomic E-state index is 1.26. The van der Waals surface area contributed by atoms with Gasteiger partial charge in [0, 0.05) is 0 Å². The molecule has 0 amide bonds. The van der Waals surface area contributed by atoms with Gasteiger partial charge in [0.15, 0.2) is 0 Å². The Kier molecular flexibility index (Phi) is 8.20. The normalized spacial score (nSPS) is 14.8. The molecule has 0 radical (unpaired) electrons. The van der Waals surface area contributed by atoms with E-state index < -0.39 is 0 Å². The van der Waals surface area contributed by atoms with Gasteiger partial charge in [-0.05, 0) is 25.7 Å². The van der Waals surface area contributed by atoms with E-state index in [0.29, 0.717) is 0 Å². The molecule has 0 bridgehead atoms. The molecule has 70 valence electrons. The Bertz CT molecular complexity index is 140. The second-order valence-electron chi connectivity index (χ2n) is 2.90. The molecule has 12 heavy (non-hydrogen) atoms. The molecule has 0 fully saturated rings. The molecule has 0 aliphatic heterocycles. The zero-order valence-electron chi connectivity index (χ0n) is 8.77. The molecule has 0 aromatic rings. The molecule has 0 aromatic carbocycles. The van der Waals surface area contributed by atoms with Crippen molar-refractivity contribution in [2.45, 2.75) is 52.9 Å². The van der Waals surface area contributed by atoms with Crippen LogP contribution in [0.3, 0.4) is 0 Å². The van der Waals surface area contributed by atoms with Crippen molar-refractivity contribution in [3.05, 3.63) is 23.8 Å². The van der Waals surface area contributed by atoms with E-state index in [0.717, 1.165) is 0 Å². The fourth-order valence-corrected chi connectivity index (χ4v) is 1.26.